The number of anilines is 1. The number of amides is 1. The SMILES string of the molecule is O=C(O)COc1cccc(NC(=O)C2(c3ccc(F)cc3F)CCC2)c1. The van der Waals surface area contributed by atoms with E-state index in [4.69, 9.17) is 9.84 Å². The van der Waals surface area contributed by atoms with Crippen LogP contribution in [-0.2, 0) is 15.0 Å². The van der Waals surface area contributed by atoms with Crippen LogP contribution in [0.1, 0.15) is 24.8 Å². The van der Waals surface area contributed by atoms with E-state index in [1.165, 1.54) is 12.1 Å². The maximum absolute atomic E-state index is 14.2. The molecule has 2 aromatic rings. The second-order valence-corrected chi connectivity index (χ2v) is 6.22. The zero-order valence-electron chi connectivity index (χ0n) is 13.8. The molecule has 0 radical (unpaired) electrons. The molecule has 1 fully saturated rings. The number of nitrogens with one attached hydrogen (secondary N) is 1. The van der Waals surface area contributed by atoms with Gasteiger partial charge in [0.25, 0.3) is 0 Å². The molecule has 1 amide bonds. The normalized spacial score (nSPS) is 15.0. The number of carbonyl (C=O) groups is 2. The maximum atomic E-state index is 14.2. The molecular formula is C19H17F2NO4. The lowest BCUT2D eigenvalue weighted by atomic mass is 9.63. The van der Waals surface area contributed by atoms with Crippen molar-refractivity contribution in [2.45, 2.75) is 24.7 Å². The Kier molecular flexibility index (Phi) is 4.88. The zero-order valence-corrected chi connectivity index (χ0v) is 13.8. The zero-order chi connectivity index (χ0) is 18.7. The van der Waals surface area contributed by atoms with Crippen LogP contribution < -0.4 is 10.1 Å². The molecule has 1 aliphatic rings. The summed E-state index contributed by atoms with van der Waals surface area (Å²) in [4.78, 5) is 23.4. The second kappa shape index (κ2) is 7.11. The number of rotatable bonds is 6. The number of halogens is 2. The lowest BCUT2D eigenvalue weighted by Crippen LogP contribution is -2.46. The van der Waals surface area contributed by atoms with Gasteiger partial charge >= 0.3 is 5.97 Å². The summed E-state index contributed by atoms with van der Waals surface area (Å²) in [5, 5.41) is 11.4. The van der Waals surface area contributed by atoms with E-state index in [0.717, 1.165) is 18.6 Å². The first-order valence-electron chi connectivity index (χ1n) is 8.12. The maximum Gasteiger partial charge on any atom is 0.341 e. The van der Waals surface area contributed by atoms with Crippen molar-refractivity contribution in [3.05, 3.63) is 59.7 Å². The summed E-state index contributed by atoms with van der Waals surface area (Å²) in [7, 11) is 0. The molecule has 0 spiro atoms. The Morgan fingerprint density at radius 1 is 1.15 bits per heavy atom. The van der Waals surface area contributed by atoms with Crippen molar-refractivity contribution in [1.29, 1.82) is 0 Å². The molecular weight excluding hydrogens is 344 g/mol. The molecule has 0 atom stereocenters. The van der Waals surface area contributed by atoms with Crippen LogP contribution in [0.5, 0.6) is 5.75 Å². The fourth-order valence-electron chi connectivity index (χ4n) is 3.09. The third-order valence-electron chi connectivity index (χ3n) is 4.54. The average molecular weight is 361 g/mol. The quantitative estimate of drug-likeness (QED) is 0.826. The minimum Gasteiger partial charge on any atom is -0.482 e. The van der Waals surface area contributed by atoms with Crippen LogP contribution >= 0.6 is 0 Å². The molecule has 1 saturated carbocycles. The molecule has 0 heterocycles. The van der Waals surface area contributed by atoms with Crippen molar-refractivity contribution >= 4 is 17.6 Å². The first kappa shape index (κ1) is 17.8. The fraction of sp³-hybridized carbons (Fsp3) is 0.263. The van der Waals surface area contributed by atoms with Gasteiger partial charge in [0.2, 0.25) is 5.91 Å². The topological polar surface area (TPSA) is 75.6 Å². The van der Waals surface area contributed by atoms with Gasteiger partial charge in [-0.2, -0.15) is 0 Å². The molecule has 7 heteroatoms. The van der Waals surface area contributed by atoms with Crippen LogP contribution in [0.2, 0.25) is 0 Å². The van der Waals surface area contributed by atoms with Crippen LogP contribution in [0, 0.1) is 11.6 Å². The number of carboxylic acids is 1. The van der Waals surface area contributed by atoms with E-state index in [0.29, 0.717) is 24.3 Å². The highest BCUT2D eigenvalue weighted by Gasteiger charge is 2.47. The van der Waals surface area contributed by atoms with Gasteiger partial charge in [0.15, 0.2) is 6.61 Å². The molecule has 0 unspecified atom stereocenters. The van der Waals surface area contributed by atoms with Gasteiger partial charge in [0.1, 0.15) is 17.4 Å². The van der Waals surface area contributed by atoms with Gasteiger partial charge < -0.3 is 15.2 Å². The number of hydrogen-bond donors (Lipinski definition) is 2. The summed E-state index contributed by atoms with van der Waals surface area (Å²) in [6.07, 6.45) is 1.71. The lowest BCUT2D eigenvalue weighted by Gasteiger charge is -2.40. The van der Waals surface area contributed by atoms with E-state index in [1.807, 2.05) is 0 Å². The summed E-state index contributed by atoms with van der Waals surface area (Å²) < 4.78 is 32.5. The van der Waals surface area contributed by atoms with Crippen LogP contribution in [0.15, 0.2) is 42.5 Å². The predicted molar refractivity (Wildman–Crippen MR) is 90.1 cm³/mol. The fourth-order valence-corrected chi connectivity index (χ4v) is 3.09. The number of benzene rings is 2. The highest BCUT2D eigenvalue weighted by Crippen LogP contribution is 2.45. The Bertz CT molecular complexity index is 849. The predicted octanol–water partition coefficient (Wildman–Crippen LogP) is 3.49. The molecule has 2 N–H and O–H groups in total. The van der Waals surface area contributed by atoms with Crippen molar-refractivity contribution in [3.63, 3.8) is 0 Å². The monoisotopic (exact) mass is 361 g/mol. The standard InChI is InChI=1S/C19H17F2NO4/c20-12-5-6-15(16(21)9-12)19(7-2-8-19)18(25)22-13-3-1-4-14(10-13)26-11-17(23)24/h1,3-6,9-10H,2,7-8,11H2,(H,22,25)(H,23,24). The minimum atomic E-state index is -1.11. The van der Waals surface area contributed by atoms with E-state index in [-0.39, 0.29) is 11.5 Å². The Morgan fingerprint density at radius 2 is 1.92 bits per heavy atom. The van der Waals surface area contributed by atoms with Gasteiger partial charge in [-0.15, -0.1) is 0 Å². The number of ether oxygens (including phenoxy) is 1. The number of carbonyl (C=O) groups excluding carboxylic acids is 1. The highest BCUT2D eigenvalue weighted by molar-refractivity contribution is 6.00. The molecule has 5 nitrogen and oxygen atoms in total. The number of carboxylic acid groups (broad SMARTS) is 1. The second-order valence-electron chi connectivity index (χ2n) is 6.22. The van der Waals surface area contributed by atoms with Crippen molar-refractivity contribution in [3.8, 4) is 5.75 Å². The largest absolute Gasteiger partial charge is 0.482 e. The molecule has 2 aromatic carbocycles. The van der Waals surface area contributed by atoms with Gasteiger partial charge in [-0.3, -0.25) is 4.79 Å². The van der Waals surface area contributed by atoms with Crippen molar-refractivity contribution in [2.75, 3.05) is 11.9 Å². The van der Waals surface area contributed by atoms with Crippen molar-refractivity contribution < 1.29 is 28.2 Å². The van der Waals surface area contributed by atoms with E-state index >= 15 is 0 Å². The summed E-state index contributed by atoms with van der Waals surface area (Å²) in [6.45, 7) is -0.498. The first-order chi connectivity index (χ1) is 12.4. The van der Waals surface area contributed by atoms with Gasteiger partial charge in [-0.05, 0) is 31.0 Å². The smallest absolute Gasteiger partial charge is 0.341 e. The van der Waals surface area contributed by atoms with E-state index < -0.39 is 29.6 Å². The average Bonchev–Trinajstić information content (AvgIpc) is 2.54. The van der Waals surface area contributed by atoms with Crippen LogP contribution in [0.3, 0.4) is 0 Å². The summed E-state index contributed by atoms with van der Waals surface area (Å²) in [6, 6.07) is 9.54. The molecule has 0 bridgehead atoms. The summed E-state index contributed by atoms with van der Waals surface area (Å²) in [5.41, 5.74) is -0.442. The first-order valence-corrected chi connectivity index (χ1v) is 8.12. The number of aliphatic carboxylic acids is 1. The van der Waals surface area contributed by atoms with Crippen molar-refractivity contribution in [1.82, 2.24) is 0 Å². The molecule has 26 heavy (non-hydrogen) atoms. The molecule has 0 aromatic heterocycles. The Hall–Kier alpha value is -2.96. The van der Waals surface area contributed by atoms with E-state index in [1.54, 1.807) is 18.2 Å². The molecule has 136 valence electrons. The molecule has 0 saturated heterocycles. The summed E-state index contributed by atoms with van der Waals surface area (Å²) in [5.74, 6) is -2.63. The number of hydrogen-bond acceptors (Lipinski definition) is 3. The van der Waals surface area contributed by atoms with Crippen LogP contribution in [-0.4, -0.2) is 23.6 Å². The summed E-state index contributed by atoms with van der Waals surface area (Å²) >= 11 is 0. The Labute approximate surface area is 148 Å². The van der Waals surface area contributed by atoms with Crippen molar-refractivity contribution in [2.24, 2.45) is 0 Å². The molecule has 0 aliphatic heterocycles. The Balaban J connectivity index is 1.80. The highest BCUT2D eigenvalue weighted by atomic mass is 19.1. The van der Waals surface area contributed by atoms with E-state index in [2.05, 4.69) is 5.32 Å². The third-order valence-corrected chi connectivity index (χ3v) is 4.54. The van der Waals surface area contributed by atoms with Gasteiger partial charge in [-0.25, -0.2) is 13.6 Å². The van der Waals surface area contributed by atoms with Gasteiger partial charge in [0.05, 0.1) is 5.41 Å². The minimum absolute atomic E-state index is 0.181. The van der Waals surface area contributed by atoms with Gasteiger partial charge in [-0.1, -0.05) is 18.6 Å². The Morgan fingerprint density at radius 3 is 2.54 bits per heavy atom. The van der Waals surface area contributed by atoms with Crippen LogP contribution in [0.25, 0.3) is 0 Å². The van der Waals surface area contributed by atoms with E-state index in [9.17, 15) is 18.4 Å². The molecule has 1 aliphatic carbocycles. The van der Waals surface area contributed by atoms with Crippen LogP contribution in [0.4, 0.5) is 14.5 Å². The lowest BCUT2D eigenvalue weighted by molar-refractivity contribution is -0.139. The third kappa shape index (κ3) is 3.51. The molecule has 3 rings (SSSR count). The van der Waals surface area contributed by atoms with Gasteiger partial charge in [0, 0.05) is 23.4 Å².